The average Bonchev–Trinajstić information content (AvgIpc) is 3.00. The van der Waals surface area contributed by atoms with Gasteiger partial charge in [0.05, 0.1) is 5.56 Å². The number of anilines is 1. The molecule has 1 atom stereocenters. The molecule has 0 spiro atoms. The van der Waals surface area contributed by atoms with Crippen LogP contribution in [0.3, 0.4) is 0 Å². The minimum absolute atomic E-state index is 0.0263. The van der Waals surface area contributed by atoms with Crippen molar-refractivity contribution in [2.45, 2.75) is 6.17 Å². The number of benzene rings is 2. The first-order chi connectivity index (χ1) is 11.6. The lowest BCUT2D eigenvalue weighted by molar-refractivity contribution is 0.0937. The first-order valence-electron chi connectivity index (χ1n) is 7.39. The molecule has 2 aromatic carbocycles. The molecule has 4 rings (SSSR count). The summed E-state index contributed by atoms with van der Waals surface area (Å²) in [5, 5.41) is 28.2. The lowest BCUT2D eigenvalue weighted by Gasteiger charge is -2.27. The van der Waals surface area contributed by atoms with Crippen LogP contribution < -0.4 is 10.6 Å². The van der Waals surface area contributed by atoms with E-state index in [1.807, 2.05) is 35.7 Å². The van der Waals surface area contributed by atoms with Crippen molar-refractivity contribution in [1.29, 1.82) is 0 Å². The van der Waals surface area contributed by atoms with Crippen molar-refractivity contribution in [1.82, 2.24) is 5.32 Å². The van der Waals surface area contributed by atoms with Gasteiger partial charge in [0.15, 0.2) is 0 Å². The zero-order valence-corrected chi connectivity index (χ0v) is 13.3. The number of amides is 1. The van der Waals surface area contributed by atoms with Crippen LogP contribution in [0.4, 0.5) is 5.00 Å². The number of hydrogen-bond donors (Lipinski definition) is 4. The van der Waals surface area contributed by atoms with Gasteiger partial charge in [0.1, 0.15) is 22.7 Å². The molecule has 0 saturated heterocycles. The first kappa shape index (κ1) is 14.6. The first-order valence-corrected chi connectivity index (χ1v) is 8.27. The van der Waals surface area contributed by atoms with E-state index in [-0.39, 0.29) is 17.4 Å². The van der Waals surface area contributed by atoms with Crippen molar-refractivity contribution in [3.8, 4) is 22.6 Å². The van der Waals surface area contributed by atoms with Gasteiger partial charge in [-0.25, -0.2) is 0 Å². The average molecular weight is 338 g/mol. The Balaban J connectivity index is 1.72. The Kier molecular flexibility index (Phi) is 3.39. The molecule has 3 aromatic rings. The molecule has 0 bridgehead atoms. The second-order valence-corrected chi connectivity index (χ2v) is 6.39. The smallest absolute Gasteiger partial charge is 0.256 e. The summed E-state index contributed by atoms with van der Waals surface area (Å²) in [6.07, 6.45) is -0.548. The maximum Gasteiger partial charge on any atom is 0.256 e. The Bertz CT molecular complexity index is 921. The molecular weight excluding hydrogens is 324 g/mol. The van der Waals surface area contributed by atoms with E-state index in [0.29, 0.717) is 11.1 Å². The summed E-state index contributed by atoms with van der Waals surface area (Å²) in [6.45, 7) is 0. The number of fused-ring (bicyclic) bond motifs is 1. The van der Waals surface area contributed by atoms with Crippen molar-refractivity contribution in [2.75, 3.05) is 5.32 Å². The van der Waals surface area contributed by atoms with E-state index in [4.69, 9.17) is 0 Å². The number of aromatic hydroxyl groups is 2. The highest BCUT2D eigenvalue weighted by Gasteiger charge is 2.30. The van der Waals surface area contributed by atoms with Crippen LogP contribution in [0.15, 0.2) is 53.9 Å². The third-order valence-electron chi connectivity index (χ3n) is 3.98. The van der Waals surface area contributed by atoms with Gasteiger partial charge >= 0.3 is 0 Å². The minimum Gasteiger partial charge on any atom is -0.508 e. The molecule has 0 radical (unpaired) electrons. The van der Waals surface area contributed by atoms with Gasteiger partial charge in [-0.05, 0) is 17.7 Å². The zero-order valence-electron chi connectivity index (χ0n) is 12.5. The topological polar surface area (TPSA) is 81.6 Å². The quantitative estimate of drug-likeness (QED) is 0.574. The number of rotatable bonds is 2. The second kappa shape index (κ2) is 5.58. The maximum absolute atomic E-state index is 12.6. The lowest BCUT2D eigenvalue weighted by Crippen LogP contribution is -2.37. The molecule has 0 saturated carbocycles. The molecule has 0 aliphatic carbocycles. The van der Waals surface area contributed by atoms with Crippen LogP contribution in [0.25, 0.3) is 11.1 Å². The third-order valence-corrected chi connectivity index (χ3v) is 4.89. The number of carbonyl (C=O) groups excluding carboxylic acids is 1. The van der Waals surface area contributed by atoms with Gasteiger partial charge in [-0.15, -0.1) is 11.3 Å². The lowest BCUT2D eigenvalue weighted by atomic mass is 10.0. The molecule has 0 unspecified atom stereocenters. The molecule has 0 fully saturated rings. The van der Waals surface area contributed by atoms with Crippen LogP contribution in [0.2, 0.25) is 0 Å². The van der Waals surface area contributed by atoms with Crippen LogP contribution in [-0.4, -0.2) is 16.1 Å². The molecule has 4 N–H and O–H groups in total. The van der Waals surface area contributed by atoms with Gasteiger partial charge in [0, 0.05) is 22.6 Å². The molecule has 1 aliphatic heterocycles. The summed E-state index contributed by atoms with van der Waals surface area (Å²) < 4.78 is 0. The predicted octanol–water partition coefficient (Wildman–Crippen LogP) is 3.68. The third kappa shape index (κ3) is 2.37. The number of nitrogens with one attached hydrogen (secondary N) is 2. The summed E-state index contributed by atoms with van der Waals surface area (Å²) >= 11 is 1.46. The fourth-order valence-corrected chi connectivity index (χ4v) is 3.82. The number of thiophene rings is 1. The van der Waals surface area contributed by atoms with Gasteiger partial charge in [-0.3, -0.25) is 4.79 Å². The van der Waals surface area contributed by atoms with Crippen molar-refractivity contribution in [3.63, 3.8) is 0 Å². The highest BCUT2D eigenvalue weighted by atomic mass is 32.1. The van der Waals surface area contributed by atoms with Crippen LogP contribution in [0.1, 0.15) is 22.1 Å². The zero-order chi connectivity index (χ0) is 16.7. The Morgan fingerprint density at radius 2 is 1.79 bits per heavy atom. The van der Waals surface area contributed by atoms with E-state index in [1.54, 1.807) is 6.07 Å². The Hall–Kier alpha value is -2.99. The Morgan fingerprint density at radius 1 is 1.00 bits per heavy atom. The van der Waals surface area contributed by atoms with Gasteiger partial charge in [-0.2, -0.15) is 0 Å². The Morgan fingerprint density at radius 3 is 2.54 bits per heavy atom. The molecule has 24 heavy (non-hydrogen) atoms. The van der Waals surface area contributed by atoms with Crippen molar-refractivity contribution in [3.05, 3.63) is 65.0 Å². The van der Waals surface area contributed by atoms with Crippen molar-refractivity contribution >= 4 is 22.2 Å². The van der Waals surface area contributed by atoms with Crippen molar-refractivity contribution < 1.29 is 15.0 Å². The number of hydrogen-bond acceptors (Lipinski definition) is 5. The normalized spacial score (nSPS) is 16.2. The van der Waals surface area contributed by atoms with E-state index < -0.39 is 6.17 Å². The highest BCUT2D eigenvalue weighted by molar-refractivity contribution is 7.15. The highest BCUT2D eigenvalue weighted by Crippen LogP contribution is 2.40. The molecule has 2 heterocycles. The monoisotopic (exact) mass is 338 g/mol. The summed E-state index contributed by atoms with van der Waals surface area (Å²) in [4.78, 5) is 12.6. The van der Waals surface area contributed by atoms with Crippen LogP contribution in [0, 0.1) is 0 Å². The molecule has 1 aliphatic rings. The fourth-order valence-electron chi connectivity index (χ4n) is 2.82. The number of phenols is 2. The summed E-state index contributed by atoms with van der Waals surface area (Å²) in [5.41, 5.74) is 2.98. The van der Waals surface area contributed by atoms with Gasteiger partial charge in [-0.1, -0.05) is 30.3 Å². The molecule has 120 valence electrons. The van der Waals surface area contributed by atoms with E-state index >= 15 is 0 Å². The number of phenolic OH excluding ortho intramolecular Hbond substituents is 2. The Labute approximate surface area is 142 Å². The SMILES string of the molecule is O=C1N[C@@H](c2ccc(O)cc2O)Nc2scc(-c3ccccc3)c21. The number of carbonyl (C=O) groups is 1. The molecule has 1 aromatic heterocycles. The summed E-state index contributed by atoms with van der Waals surface area (Å²) in [7, 11) is 0. The maximum atomic E-state index is 12.6. The predicted molar refractivity (Wildman–Crippen MR) is 93.4 cm³/mol. The van der Waals surface area contributed by atoms with Crippen LogP contribution >= 0.6 is 11.3 Å². The van der Waals surface area contributed by atoms with Crippen LogP contribution in [0.5, 0.6) is 11.5 Å². The minimum atomic E-state index is -0.548. The van der Waals surface area contributed by atoms with Crippen molar-refractivity contribution in [2.24, 2.45) is 0 Å². The molecule has 5 nitrogen and oxygen atoms in total. The second-order valence-electron chi connectivity index (χ2n) is 5.51. The summed E-state index contributed by atoms with van der Waals surface area (Å²) in [5.74, 6) is -0.293. The molecular formula is C18H14N2O3S. The fraction of sp³-hybridized carbons (Fsp3) is 0.0556. The van der Waals surface area contributed by atoms with Crippen LogP contribution in [-0.2, 0) is 0 Å². The molecule has 1 amide bonds. The van der Waals surface area contributed by atoms with Gasteiger partial charge < -0.3 is 20.8 Å². The largest absolute Gasteiger partial charge is 0.508 e. The van der Waals surface area contributed by atoms with Gasteiger partial charge in [0.2, 0.25) is 0 Å². The van der Waals surface area contributed by atoms with Gasteiger partial charge in [0.25, 0.3) is 5.91 Å². The van der Waals surface area contributed by atoms with E-state index in [9.17, 15) is 15.0 Å². The van der Waals surface area contributed by atoms with E-state index in [0.717, 1.165) is 16.1 Å². The summed E-state index contributed by atoms with van der Waals surface area (Å²) in [6, 6.07) is 14.0. The van der Waals surface area contributed by atoms with E-state index in [2.05, 4.69) is 10.6 Å². The standard InChI is InChI=1S/C18H14N2O3S/c21-11-6-7-12(14(22)8-11)16-19-17(23)15-13(9-24-18(15)20-16)10-4-2-1-3-5-10/h1-9,16,20-22H,(H,19,23)/t16-/m1/s1. The molecule has 6 heteroatoms. The van der Waals surface area contributed by atoms with E-state index in [1.165, 1.54) is 23.5 Å².